The molecule has 2 heterocycles. The van der Waals surface area contributed by atoms with Gasteiger partial charge >= 0.3 is 0 Å². The first-order valence-corrected chi connectivity index (χ1v) is 15.0. The Labute approximate surface area is 231 Å². The third kappa shape index (κ3) is 6.27. The second-order valence-electron chi connectivity index (χ2n) is 12.2. The van der Waals surface area contributed by atoms with Gasteiger partial charge in [-0.05, 0) is 112 Å². The Morgan fingerprint density at radius 3 is 2.41 bits per heavy atom. The van der Waals surface area contributed by atoms with Crippen LogP contribution in [-0.4, -0.2) is 52.2 Å². The first kappa shape index (κ1) is 26.2. The van der Waals surface area contributed by atoms with E-state index >= 15 is 0 Å². The number of rotatable bonds is 11. The van der Waals surface area contributed by atoms with Crippen molar-refractivity contribution < 1.29 is 14.3 Å². The van der Waals surface area contributed by atoms with Gasteiger partial charge in [0, 0.05) is 55.4 Å². The van der Waals surface area contributed by atoms with Crippen molar-refractivity contribution in [2.45, 2.75) is 83.8 Å². The molecular formula is C33H41N3O3. The maximum absolute atomic E-state index is 13.0. The Hall–Kier alpha value is -2.99. The van der Waals surface area contributed by atoms with Gasteiger partial charge in [0.2, 0.25) is 0 Å². The minimum absolute atomic E-state index is 0.121. The number of Topliss-reactive ketones (excluding diaryl/α,β-unsaturated/α-hetero) is 1. The normalized spacial score (nSPS) is 19.0. The lowest BCUT2D eigenvalue weighted by atomic mass is 9.96. The Morgan fingerprint density at radius 1 is 0.974 bits per heavy atom. The van der Waals surface area contributed by atoms with Crippen molar-refractivity contribution in [1.82, 2.24) is 14.7 Å². The number of piperidine rings is 1. The summed E-state index contributed by atoms with van der Waals surface area (Å²) in [5.74, 6) is 2.28. The zero-order chi connectivity index (χ0) is 26.9. The van der Waals surface area contributed by atoms with E-state index in [2.05, 4.69) is 25.3 Å². The summed E-state index contributed by atoms with van der Waals surface area (Å²) < 4.78 is 7.94. The first-order chi connectivity index (χ1) is 18.9. The molecule has 0 radical (unpaired) electrons. The minimum atomic E-state index is 0.121. The number of carbonyl (C=O) groups is 2. The molecule has 6 nitrogen and oxygen atoms in total. The quantitative estimate of drug-likeness (QED) is 0.265. The van der Waals surface area contributed by atoms with E-state index in [-0.39, 0.29) is 17.8 Å². The molecule has 6 rings (SSSR count). The maximum atomic E-state index is 13.0. The van der Waals surface area contributed by atoms with Crippen LogP contribution in [0.4, 0.5) is 0 Å². The zero-order valence-electron chi connectivity index (χ0n) is 23.4. The summed E-state index contributed by atoms with van der Waals surface area (Å²) >= 11 is 0. The van der Waals surface area contributed by atoms with E-state index in [0.717, 1.165) is 79.0 Å². The lowest BCUT2D eigenvalue weighted by Crippen LogP contribution is -2.39. The Bertz CT molecular complexity index is 1330. The van der Waals surface area contributed by atoms with Gasteiger partial charge in [-0.25, -0.2) is 0 Å². The first-order valence-electron chi connectivity index (χ1n) is 15.0. The Morgan fingerprint density at radius 2 is 1.72 bits per heavy atom. The van der Waals surface area contributed by atoms with Crippen molar-refractivity contribution in [2.24, 2.45) is 11.8 Å². The highest BCUT2D eigenvalue weighted by Crippen LogP contribution is 2.40. The summed E-state index contributed by atoms with van der Waals surface area (Å²) in [6.07, 6.45) is 10.6. The monoisotopic (exact) mass is 527 g/mol. The molecule has 1 atom stereocenters. The van der Waals surface area contributed by atoms with Crippen LogP contribution in [0.1, 0.15) is 96.1 Å². The fourth-order valence-electron chi connectivity index (χ4n) is 5.89. The molecule has 2 aliphatic carbocycles. The summed E-state index contributed by atoms with van der Waals surface area (Å²) in [5.41, 5.74) is 4.92. The van der Waals surface area contributed by atoms with E-state index in [1.54, 1.807) is 0 Å². The van der Waals surface area contributed by atoms with Crippen molar-refractivity contribution in [1.29, 1.82) is 0 Å². The number of nitrogens with zero attached hydrogens (tertiary/aromatic N) is 3. The fraction of sp³-hybridized carbons (Fsp3) is 0.545. The number of ether oxygens (including phenoxy) is 1. The highest BCUT2D eigenvalue weighted by molar-refractivity contribution is 6.01. The third-order valence-corrected chi connectivity index (χ3v) is 8.95. The number of amides is 1. The number of hydrogen-bond acceptors (Lipinski definition) is 4. The number of likely N-dealkylation sites (tertiary alicyclic amines) is 1. The SMILES string of the molecule is Cc1c(C(=O)CCC(C)OCC2CC2)ccc2nn(CC3CCN(C(=O)c4ccc(C5CC5)cc4)CC3)cc12. The number of fused-ring (bicyclic) bond motifs is 1. The molecule has 3 fully saturated rings. The van der Waals surface area contributed by atoms with Crippen molar-refractivity contribution in [3.63, 3.8) is 0 Å². The highest BCUT2D eigenvalue weighted by atomic mass is 16.5. The van der Waals surface area contributed by atoms with Crippen molar-refractivity contribution in [2.75, 3.05) is 19.7 Å². The van der Waals surface area contributed by atoms with Crippen LogP contribution < -0.4 is 0 Å². The summed E-state index contributed by atoms with van der Waals surface area (Å²) in [4.78, 5) is 28.0. The topological polar surface area (TPSA) is 64.4 Å². The van der Waals surface area contributed by atoms with Crippen LogP contribution in [0.25, 0.3) is 10.9 Å². The minimum Gasteiger partial charge on any atom is -0.378 e. The molecule has 2 saturated carbocycles. The van der Waals surface area contributed by atoms with Crippen molar-refractivity contribution in [3.8, 4) is 0 Å². The summed E-state index contributed by atoms with van der Waals surface area (Å²) in [7, 11) is 0. The van der Waals surface area contributed by atoms with Crippen LogP contribution in [0, 0.1) is 18.8 Å². The standard InChI is InChI=1S/C33H41N3O3/c1-22(39-21-25-4-5-25)3-14-32(37)29-12-13-31-30(23(29)2)20-36(34-31)19-24-15-17-35(18-16-24)33(38)28-10-8-27(9-11-28)26-6-7-26/h8-13,20,22,24-26H,3-7,14-19,21H2,1-2H3. The molecule has 39 heavy (non-hydrogen) atoms. The number of aromatic nitrogens is 2. The molecule has 1 aliphatic heterocycles. The van der Waals surface area contributed by atoms with Crippen LogP contribution in [0.5, 0.6) is 0 Å². The lowest BCUT2D eigenvalue weighted by molar-refractivity contribution is 0.0500. The zero-order valence-corrected chi connectivity index (χ0v) is 23.4. The molecule has 0 bridgehead atoms. The van der Waals surface area contributed by atoms with Gasteiger partial charge in [0.05, 0.1) is 11.6 Å². The predicted octanol–water partition coefficient (Wildman–Crippen LogP) is 6.55. The van der Waals surface area contributed by atoms with E-state index in [4.69, 9.17) is 9.84 Å². The molecule has 1 amide bonds. The van der Waals surface area contributed by atoms with Crippen LogP contribution in [0.15, 0.2) is 42.6 Å². The average molecular weight is 528 g/mol. The van der Waals surface area contributed by atoms with Gasteiger partial charge in [-0.15, -0.1) is 0 Å². The summed E-state index contributed by atoms with van der Waals surface area (Å²) in [6.45, 7) is 7.36. The number of ketones is 1. The van der Waals surface area contributed by atoms with Crippen LogP contribution in [0.3, 0.4) is 0 Å². The molecule has 3 aliphatic rings. The Kier molecular flexibility index (Phi) is 7.57. The second-order valence-corrected chi connectivity index (χ2v) is 12.2. The molecule has 2 aromatic carbocycles. The van der Waals surface area contributed by atoms with Gasteiger partial charge in [-0.1, -0.05) is 12.1 Å². The van der Waals surface area contributed by atoms with E-state index in [9.17, 15) is 9.59 Å². The fourth-order valence-corrected chi connectivity index (χ4v) is 5.89. The van der Waals surface area contributed by atoms with Gasteiger partial charge in [-0.3, -0.25) is 14.3 Å². The predicted molar refractivity (Wildman–Crippen MR) is 153 cm³/mol. The van der Waals surface area contributed by atoms with E-state index in [1.165, 1.54) is 31.2 Å². The molecule has 3 aromatic rings. The van der Waals surface area contributed by atoms with Crippen molar-refractivity contribution in [3.05, 3.63) is 64.8 Å². The molecule has 0 spiro atoms. The smallest absolute Gasteiger partial charge is 0.253 e. The van der Waals surface area contributed by atoms with Gasteiger partial charge in [-0.2, -0.15) is 5.10 Å². The number of carbonyl (C=O) groups excluding carboxylic acids is 2. The van der Waals surface area contributed by atoms with Gasteiger partial charge < -0.3 is 9.64 Å². The number of aryl methyl sites for hydroxylation is 1. The number of hydrogen-bond donors (Lipinski definition) is 0. The molecule has 206 valence electrons. The highest BCUT2D eigenvalue weighted by Gasteiger charge is 2.27. The second kappa shape index (κ2) is 11.2. The molecule has 6 heteroatoms. The van der Waals surface area contributed by atoms with Crippen LogP contribution in [0.2, 0.25) is 0 Å². The van der Waals surface area contributed by atoms with E-state index < -0.39 is 0 Å². The molecule has 1 saturated heterocycles. The Balaban J connectivity index is 1.02. The number of benzene rings is 2. The molecule has 0 N–H and O–H groups in total. The van der Waals surface area contributed by atoms with E-state index in [1.807, 2.05) is 40.8 Å². The molecule has 1 unspecified atom stereocenters. The largest absolute Gasteiger partial charge is 0.378 e. The molecular weight excluding hydrogens is 486 g/mol. The lowest BCUT2D eigenvalue weighted by Gasteiger charge is -2.32. The third-order valence-electron chi connectivity index (χ3n) is 8.95. The van der Waals surface area contributed by atoms with Gasteiger partial charge in [0.1, 0.15) is 0 Å². The van der Waals surface area contributed by atoms with Crippen LogP contribution >= 0.6 is 0 Å². The summed E-state index contributed by atoms with van der Waals surface area (Å²) in [5, 5.41) is 5.88. The van der Waals surface area contributed by atoms with E-state index in [0.29, 0.717) is 18.3 Å². The van der Waals surface area contributed by atoms with Crippen LogP contribution in [-0.2, 0) is 11.3 Å². The summed E-state index contributed by atoms with van der Waals surface area (Å²) in [6, 6.07) is 12.2. The van der Waals surface area contributed by atoms with Gasteiger partial charge in [0.25, 0.3) is 5.91 Å². The molecule has 1 aromatic heterocycles. The maximum Gasteiger partial charge on any atom is 0.253 e. The van der Waals surface area contributed by atoms with Gasteiger partial charge in [0.15, 0.2) is 5.78 Å². The average Bonchev–Trinajstić information content (AvgIpc) is 3.89. The van der Waals surface area contributed by atoms with Crippen molar-refractivity contribution >= 4 is 22.6 Å².